The Bertz CT molecular complexity index is 68.4. The van der Waals surface area contributed by atoms with Crippen molar-refractivity contribution in [1.29, 1.82) is 0 Å². The van der Waals surface area contributed by atoms with E-state index in [4.69, 9.17) is 9.90 Å². The van der Waals surface area contributed by atoms with Gasteiger partial charge in [-0.25, -0.2) is 0 Å². The van der Waals surface area contributed by atoms with E-state index in [0.29, 0.717) is 0 Å². The highest BCUT2D eigenvalue weighted by atomic mass is 16.5. The molecule has 0 bridgehead atoms. The molecule has 0 spiro atoms. The standard InChI is InChI=1S/C3H6O2.CH2O2/c1-3(4)5-2;2-1-3/h1-2H3;1H,(H,2,3). The van der Waals surface area contributed by atoms with Crippen molar-refractivity contribution in [3.8, 4) is 0 Å². The molecule has 0 aliphatic carbocycles. The van der Waals surface area contributed by atoms with Crippen LogP contribution >= 0.6 is 0 Å². The third kappa shape index (κ3) is 86.8. The highest BCUT2D eigenvalue weighted by Crippen LogP contribution is 1.60. The maximum atomic E-state index is 9.59. The lowest BCUT2D eigenvalue weighted by molar-refractivity contribution is -0.138. The van der Waals surface area contributed by atoms with Gasteiger partial charge < -0.3 is 9.84 Å². The number of carbonyl (C=O) groups excluding carboxylic acids is 1. The minimum absolute atomic E-state index is 0.245. The predicted molar refractivity (Wildman–Crippen MR) is 26.4 cm³/mol. The molecule has 48 valence electrons. The van der Waals surface area contributed by atoms with E-state index >= 15 is 0 Å². The van der Waals surface area contributed by atoms with E-state index in [-0.39, 0.29) is 12.4 Å². The summed E-state index contributed by atoms with van der Waals surface area (Å²) in [5.41, 5.74) is 0. The van der Waals surface area contributed by atoms with Gasteiger partial charge in [-0.15, -0.1) is 0 Å². The molecule has 0 amide bonds. The van der Waals surface area contributed by atoms with E-state index in [0.717, 1.165) is 0 Å². The predicted octanol–water partition coefficient (Wildman–Crippen LogP) is -0.120. The second kappa shape index (κ2) is 9.34. The maximum absolute atomic E-state index is 9.59. The Labute approximate surface area is 47.1 Å². The van der Waals surface area contributed by atoms with Crippen LogP contribution in [-0.2, 0) is 14.3 Å². The normalized spacial score (nSPS) is 5.75. The van der Waals surface area contributed by atoms with Crippen molar-refractivity contribution in [1.82, 2.24) is 0 Å². The Morgan fingerprint density at radius 2 is 1.88 bits per heavy atom. The van der Waals surface area contributed by atoms with Gasteiger partial charge in [0.25, 0.3) is 6.47 Å². The van der Waals surface area contributed by atoms with E-state index < -0.39 is 0 Å². The van der Waals surface area contributed by atoms with Gasteiger partial charge >= 0.3 is 5.97 Å². The molecule has 0 unspecified atom stereocenters. The van der Waals surface area contributed by atoms with Crippen molar-refractivity contribution < 1.29 is 19.4 Å². The number of esters is 1. The molecule has 8 heavy (non-hydrogen) atoms. The average molecular weight is 120 g/mol. The van der Waals surface area contributed by atoms with Crippen LogP contribution < -0.4 is 0 Å². The van der Waals surface area contributed by atoms with Crippen molar-refractivity contribution in [2.75, 3.05) is 7.11 Å². The molecule has 0 saturated heterocycles. The highest BCUT2D eigenvalue weighted by Gasteiger charge is 1.75. The van der Waals surface area contributed by atoms with Crippen molar-refractivity contribution in [3.63, 3.8) is 0 Å². The van der Waals surface area contributed by atoms with Crippen LogP contribution in [0.2, 0.25) is 0 Å². The molecule has 0 aromatic rings. The SMILES string of the molecule is COC(C)=O.O=CO. The van der Waals surface area contributed by atoms with Gasteiger partial charge in [-0.3, -0.25) is 9.59 Å². The Kier molecular flexibility index (Phi) is 11.7. The zero-order valence-corrected chi connectivity index (χ0v) is 4.75. The van der Waals surface area contributed by atoms with E-state index in [1.165, 1.54) is 14.0 Å². The Hall–Kier alpha value is -1.06. The third-order valence-electron chi connectivity index (χ3n) is 0.287. The molecule has 0 aromatic heterocycles. The topological polar surface area (TPSA) is 63.6 Å². The first-order valence-corrected chi connectivity index (χ1v) is 1.81. The fourth-order valence-electron chi connectivity index (χ4n) is 0. The zero-order valence-electron chi connectivity index (χ0n) is 4.75. The monoisotopic (exact) mass is 120 g/mol. The van der Waals surface area contributed by atoms with Crippen molar-refractivity contribution in [2.45, 2.75) is 6.92 Å². The van der Waals surface area contributed by atoms with Crippen LogP contribution in [0.15, 0.2) is 0 Å². The van der Waals surface area contributed by atoms with E-state index in [2.05, 4.69) is 4.74 Å². The lowest BCUT2D eigenvalue weighted by Gasteiger charge is -1.80. The molecule has 0 saturated carbocycles. The van der Waals surface area contributed by atoms with Gasteiger partial charge in [0.05, 0.1) is 7.11 Å². The molecule has 0 fully saturated rings. The lowest BCUT2D eigenvalue weighted by atomic mass is 10.8. The van der Waals surface area contributed by atoms with Crippen molar-refractivity contribution >= 4 is 12.4 Å². The third-order valence-corrected chi connectivity index (χ3v) is 0.287. The minimum atomic E-state index is -0.250. The molecule has 1 N–H and O–H groups in total. The summed E-state index contributed by atoms with van der Waals surface area (Å²) in [5.74, 6) is -0.245. The molecule has 0 rings (SSSR count). The van der Waals surface area contributed by atoms with Crippen molar-refractivity contribution in [3.05, 3.63) is 0 Å². The Morgan fingerprint density at radius 3 is 1.88 bits per heavy atom. The van der Waals surface area contributed by atoms with Crippen LogP contribution in [0.25, 0.3) is 0 Å². The molecular formula is C4H8O4. The van der Waals surface area contributed by atoms with Crippen LogP contribution in [0.1, 0.15) is 6.92 Å². The lowest BCUT2D eigenvalue weighted by Crippen LogP contribution is -1.88. The molecule has 4 heteroatoms. The van der Waals surface area contributed by atoms with Crippen LogP contribution in [0, 0.1) is 0 Å². The smallest absolute Gasteiger partial charge is 0.302 e. The van der Waals surface area contributed by atoms with E-state index in [1.54, 1.807) is 0 Å². The van der Waals surface area contributed by atoms with Crippen molar-refractivity contribution in [2.24, 2.45) is 0 Å². The van der Waals surface area contributed by atoms with Gasteiger partial charge in [-0.1, -0.05) is 0 Å². The fraction of sp³-hybridized carbons (Fsp3) is 0.500. The first-order chi connectivity index (χ1) is 3.68. The van der Waals surface area contributed by atoms with Crippen LogP contribution in [0.3, 0.4) is 0 Å². The van der Waals surface area contributed by atoms with E-state index in [1.807, 2.05) is 0 Å². The second-order valence-electron chi connectivity index (χ2n) is 0.801. The average Bonchev–Trinajstić information content (AvgIpc) is 1.69. The summed E-state index contributed by atoms with van der Waals surface area (Å²) < 4.78 is 4.11. The zero-order chi connectivity index (χ0) is 6.99. The number of ether oxygens (including phenoxy) is 1. The first-order valence-electron chi connectivity index (χ1n) is 1.81. The van der Waals surface area contributed by atoms with Gasteiger partial charge in [0.2, 0.25) is 0 Å². The summed E-state index contributed by atoms with van der Waals surface area (Å²) in [7, 11) is 1.35. The largest absolute Gasteiger partial charge is 0.483 e. The molecule has 0 heterocycles. The number of hydrogen-bond donors (Lipinski definition) is 1. The summed E-state index contributed by atoms with van der Waals surface area (Å²) in [4.78, 5) is 18.0. The summed E-state index contributed by atoms with van der Waals surface area (Å²) >= 11 is 0. The molecule has 0 atom stereocenters. The Balaban J connectivity index is 0. The molecule has 4 nitrogen and oxygen atoms in total. The summed E-state index contributed by atoms with van der Waals surface area (Å²) in [6.45, 7) is 1.11. The van der Waals surface area contributed by atoms with E-state index in [9.17, 15) is 4.79 Å². The second-order valence-corrected chi connectivity index (χ2v) is 0.801. The summed E-state index contributed by atoms with van der Waals surface area (Å²) in [6.07, 6.45) is 0. The number of hydrogen-bond acceptors (Lipinski definition) is 3. The number of carbonyl (C=O) groups is 2. The Morgan fingerprint density at radius 1 is 1.75 bits per heavy atom. The highest BCUT2D eigenvalue weighted by molar-refractivity contribution is 5.65. The van der Waals surface area contributed by atoms with Gasteiger partial charge in [-0.2, -0.15) is 0 Å². The minimum Gasteiger partial charge on any atom is -0.483 e. The first kappa shape index (κ1) is 10.0. The van der Waals surface area contributed by atoms with Crippen LogP contribution in [0.5, 0.6) is 0 Å². The van der Waals surface area contributed by atoms with Crippen LogP contribution in [-0.4, -0.2) is 24.7 Å². The molecule has 0 aliphatic rings. The fourth-order valence-corrected chi connectivity index (χ4v) is 0. The van der Waals surface area contributed by atoms with Gasteiger partial charge in [0, 0.05) is 6.92 Å². The van der Waals surface area contributed by atoms with Crippen LogP contribution in [0.4, 0.5) is 0 Å². The molecule has 0 aliphatic heterocycles. The molecule has 0 aromatic carbocycles. The number of carboxylic acid groups (broad SMARTS) is 1. The number of methoxy groups -OCH3 is 1. The van der Waals surface area contributed by atoms with Gasteiger partial charge in [0.15, 0.2) is 0 Å². The quantitative estimate of drug-likeness (QED) is 0.357. The van der Waals surface area contributed by atoms with Gasteiger partial charge in [0.1, 0.15) is 0 Å². The maximum Gasteiger partial charge on any atom is 0.302 e. The molecular weight excluding hydrogens is 112 g/mol. The number of rotatable bonds is 0. The summed E-state index contributed by atoms with van der Waals surface area (Å²) in [5, 5.41) is 6.89. The summed E-state index contributed by atoms with van der Waals surface area (Å²) in [6, 6.07) is 0. The van der Waals surface area contributed by atoms with Gasteiger partial charge in [-0.05, 0) is 0 Å². The molecule has 0 radical (unpaired) electrons.